The second kappa shape index (κ2) is 5.30. The summed E-state index contributed by atoms with van der Waals surface area (Å²) in [6, 6.07) is 4.29. The standard InChI is InChI=1S/C12H11N3O4/c1-7-4-10(19-15-7)11(16)14-6-9-5-8(12(17)18)2-3-13-9/h2-5H,6H2,1H3,(H,14,16)(H,17,18). The molecule has 1 amide bonds. The predicted molar refractivity (Wildman–Crippen MR) is 63.6 cm³/mol. The maximum atomic E-state index is 11.7. The number of hydrogen-bond acceptors (Lipinski definition) is 5. The normalized spacial score (nSPS) is 10.2. The van der Waals surface area contributed by atoms with E-state index >= 15 is 0 Å². The van der Waals surface area contributed by atoms with Crippen molar-refractivity contribution in [3.8, 4) is 0 Å². The summed E-state index contributed by atoms with van der Waals surface area (Å²) in [5.74, 6) is -1.36. The zero-order chi connectivity index (χ0) is 13.8. The number of pyridine rings is 1. The van der Waals surface area contributed by atoms with E-state index in [-0.39, 0.29) is 17.9 Å². The first kappa shape index (κ1) is 12.7. The Morgan fingerprint density at radius 2 is 2.21 bits per heavy atom. The molecule has 2 rings (SSSR count). The van der Waals surface area contributed by atoms with Gasteiger partial charge in [0.25, 0.3) is 5.91 Å². The van der Waals surface area contributed by atoms with Crippen LogP contribution in [-0.4, -0.2) is 27.1 Å². The van der Waals surface area contributed by atoms with Crippen LogP contribution in [0.2, 0.25) is 0 Å². The fourth-order valence-corrected chi connectivity index (χ4v) is 1.44. The van der Waals surface area contributed by atoms with Crippen LogP contribution < -0.4 is 5.32 Å². The van der Waals surface area contributed by atoms with E-state index in [1.54, 1.807) is 6.92 Å². The topological polar surface area (TPSA) is 105 Å². The van der Waals surface area contributed by atoms with Crippen molar-refractivity contribution < 1.29 is 19.2 Å². The molecule has 0 atom stereocenters. The lowest BCUT2D eigenvalue weighted by Crippen LogP contribution is -2.23. The molecule has 7 heteroatoms. The van der Waals surface area contributed by atoms with Crippen LogP contribution >= 0.6 is 0 Å². The molecule has 0 spiro atoms. The average molecular weight is 261 g/mol. The molecule has 2 heterocycles. The summed E-state index contributed by atoms with van der Waals surface area (Å²) < 4.78 is 4.80. The molecular formula is C12H11N3O4. The Morgan fingerprint density at radius 1 is 1.42 bits per heavy atom. The molecular weight excluding hydrogens is 250 g/mol. The molecule has 0 radical (unpaired) electrons. The number of carboxylic acid groups (broad SMARTS) is 1. The van der Waals surface area contributed by atoms with Gasteiger partial charge in [0.15, 0.2) is 0 Å². The number of aromatic carboxylic acids is 1. The number of hydrogen-bond donors (Lipinski definition) is 2. The highest BCUT2D eigenvalue weighted by Gasteiger charge is 2.11. The van der Waals surface area contributed by atoms with Crippen molar-refractivity contribution in [1.29, 1.82) is 0 Å². The largest absolute Gasteiger partial charge is 0.478 e. The number of rotatable bonds is 4. The summed E-state index contributed by atoms with van der Waals surface area (Å²) in [5, 5.41) is 15.0. The third kappa shape index (κ3) is 3.15. The minimum atomic E-state index is -1.04. The molecule has 0 aromatic carbocycles. The molecule has 0 aliphatic rings. The number of aromatic nitrogens is 2. The van der Waals surface area contributed by atoms with Gasteiger partial charge in [-0.2, -0.15) is 0 Å². The Labute approximate surface area is 108 Å². The van der Waals surface area contributed by atoms with Crippen molar-refractivity contribution in [1.82, 2.24) is 15.5 Å². The summed E-state index contributed by atoms with van der Waals surface area (Å²) >= 11 is 0. The smallest absolute Gasteiger partial charge is 0.335 e. The van der Waals surface area contributed by atoms with Gasteiger partial charge in [-0.15, -0.1) is 0 Å². The Morgan fingerprint density at radius 3 is 2.84 bits per heavy atom. The van der Waals surface area contributed by atoms with Crippen molar-refractivity contribution in [3.05, 3.63) is 47.1 Å². The van der Waals surface area contributed by atoms with E-state index in [4.69, 9.17) is 9.63 Å². The third-order valence-electron chi connectivity index (χ3n) is 2.35. The van der Waals surface area contributed by atoms with E-state index in [0.29, 0.717) is 11.4 Å². The first-order valence-corrected chi connectivity index (χ1v) is 5.46. The van der Waals surface area contributed by atoms with Gasteiger partial charge in [-0.3, -0.25) is 9.78 Å². The predicted octanol–water partition coefficient (Wildman–Crippen LogP) is 1.01. The Balaban J connectivity index is 2.01. The molecule has 0 fully saturated rings. The highest BCUT2D eigenvalue weighted by molar-refractivity contribution is 5.91. The molecule has 0 aliphatic carbocycles. The summed E-state index contributed by atoms with van der Waals surface area (Å²) in [6.45, 7) is 1.82. The lowest BCUT2D eigenvalue weighted by Gasteiger charge is -2.03. The summed E-state index contributed by atoms with van der Waals surface area (Å²) in [6.07, 6.45) is 1.38. The lowest BCUT2D eigenvalue weighted by atomic mass is 10.2. The minimum Gasteiger partial charge on any atom is -0.478 e. The maximum Gasteiger partial charge on any atom is 0.335 e. The Hall–Kier alpha value is -2.70. The molecule has 2 aromatic rings. The van der Waals surface area contributed by atoms with Crippen LogP contribution in [0, 0.1) is 6.92 Å². The number of nitrogens with one attached hydrogen (secondary N) is 1. The first-order chi connectivity index (χ1) is 9.06. The van der Waals surface area contributed by atoms with Crippen LogP contribution in [0.5, 0.6) is 0 Å². The first-order valence-electron chi connectivity index (χ1n) is 5.46. The zero-order valence-electron chi connectivity index (χ0n) is 10.1. The van der Waals surface area contributed by atoms with Crippen molar-refractivity contribution in [2.45, 2.75) is 13.5 Å². The SMILES string of the molecule is Cc1cc(C(=O)NCc2cc(C(=O)O)ccn2)on1. The van der Waals surface area contributed by atoms with Gasteiger partial charge in [0, 0.05) is 12.3 Å². The molecule has 0 aliphatic heterocycles. The van der Waals surface area contributed by atoms with Crippen LogP contribution in [-0.2, 0) is 6.54 Å². The molecule has 0 unspecified atom stereocenters. The number of carbonyl (C=O) groups excluding carboxylic acids is 1. The summed E-state index contributed by atoms with van der Waals surface area (Å²) in [7, 11) is 0. The van der Waals surface area contributed by atoms with Crippen molar-refractivity contribution in [2.75, 3.05) is 0 Å². The van der Waals surface area contributed by atoms with Crippen LogP contribution in [0.25, 0.3) is 0 Å². The van der Waals surface area contributed by atoms with Gasteiger partial charge in [0.1, 0.15) is 0 Å². The number of amides is 1. The minimum absolute atomic E-state index is 0.104. The summed E-state index contributed by atoms with van der Waals surface area (Å²) in [4.78, 5) is 26.4. The van der Waals surface area contributed by atoms with Gasteiger partial charge >= 0.3 is 5.97 Å². The third-order valence-corrected chi connectivity index (χ3v) is 2.35. The fourth-order valence-electron chi connectivity index (χ4n) is 1.44. The maximum absolute atomic E-state index is 11.7. The Bertz CT molecular complexity index is 621. The molecule has 2 N–H and O–H groups in total. The van der Waals surface area contributed by atoms with Gasteiger partial charge in [0.2, 0.25) is 5.76 Å². The van der Waals surface area contributed by atoms with Crippen LogP contribution in [0.3, 0.4) is 0 Å². The van der Waals surface area contributed by atoms with Crippen LogP contribution in [0.15, 0.2) is 28.9 Å². The zero-order valence-corrected chi connectivity index (χ0v) is 10.1. The monoisotopic (exact) mass is 261 g/mol. The van der Waals surface area contributed by atoms with E-state index < -0.39 is 11.9 Å². The molecule has 0 saturated heterocycles. The highest BCUT2D eigenvalue weighted by Crippen LogP contribution is 2.04. The van der Waals surface area contributed by atoms with Gasteiger partial charge in [0.05, 0.1) is 23.5 Å². The second-order valence-corrected chi connectivity index (χ2v) is 3.86. The molecule has 7 nitrogen and oxygen atoms in total. The van der Waals surface area contributed by atoms with E-state index in [0.717, 1.165) is 0 Å². The van der Waals surface area contributed by atoms with Crippen molar-refractivity contribution >= 4 is 11.9 Å². The van der Waals surface area contributed by atoms with E-state index in [1.165, 1.54) is 24.4 Å². The second-order valence-electron chi connectivity index (χ2n) is 3.86. The molecule has 98 valence electrons. The van der Waals surface area contributed by atoms with Gasteiger partial charge in [-0.1, -0.05) is 5.16 Å². The number of aryl methyl sites for hydroxylation is 1. The van der Waals surface area contributed by atoms with Crippen molar-refractivity contribution in [3.63, 3.8) is 0 Å². The molecule has 0 saturated carbocycles. The average Bonchev–Trinajstić information content (AvgIpc) is 2.83. The van der Waals surface area contributed by atoms with Crippen molar-refractivity contribution in [2.24, 2.45) is 0 Å². The highest BCUT2D eigenvalue weighted by atomic mass is 16.5. The van der Waals surface area contributed by atoms with E-state index in [2.05, 4.69) is 15.5 Å². The number of carbonyl (C=O) groups is 2. The molecule has 19 heavy (non-hydrogen) atoms. The van der Waals surface area contributed by atoms with Gasteiger partial charge in [-0.05, 0) is 19.1 Å². The van der Waals surface area contributed by atoms with E-state index in [1.807, 2.05) is 0 Å². The Kier molecular flexibility index (Phi) is 3.56. The fraction of sp³-hybridized carbons (Fsp3) is 0.167. The molecule has 0 bridgehead atoms. The van der Waals surface area contributed by atoms with Crippen LogP contribution in [0.1, 0.15) is 32.3 Å². The van der Waals surface area contributed by atoms with Gasteiger partial charge < -0.3 is 14.9 Å². The number of carboxylic acids is 1. The quantitative estimate of drug-likeness (QED) is 0.850. The van der Waals surface area contributed by atoms with Crippen LogP contribution in [0.4, 0.5) is 0 Å². The number of nitrogens with zero attached hydrogens (tertiary/aromatic N) is 2. The van der Waals surface area contributed by atoms with E-state index in [9.17, 15) is 9.59 Å². The lowest BCUT2D eigenvalue weighted by molar-refractivity contribution is 0.0696. The summed E-state index contributed by atoms with van der Waals surface area (Å²) in [5.41, 5.74) is 1.18. The molecule has 2 aromatic heterocycles. The van der Waals surface area contributed by atoms with Gasteiger partial charge in [-0.25, -0.2) is 4.79 Å².